The molecule has 5 aromatic rings. The zero-order chi connectivity index (χ0) is 25.7. The molecule has 0 saturated heterocycles. The van der Waals surface area contributed by atoms with Crippen LogP contribution in [-0.4, -0.2) is 40.6 Å². The fourth-order valence-electron chi connectivity index (χ4n) is 3.54. The van der Waals surface area contributed by atoms with Crippen LogP contribution >= 0.6 is 11.3 Å². The van der Waals surface area contributed by atoms with Crippen LogP contribution in [0.5, 0.6) is 11.5 Å². The summed E-state index contributed by atoms with van der Waals surface area (Å²) >= 11 is 1.65. The number of ether oxygens (including phenoxy) is 2. The maximum absolute atomic E-state index is 5.50. The Labute approximate surface area is 213 Å². The van der Waals surface area contributed by atoms with Crippen molar-refractivity contribution in [1.82, 2.24) is 20.2 Å². The molecule has 0 saturated carbocycles. The molecule has 3 aromatic heterocycles. The smallest absolute Gasteiger partial charge is 0.247 e. The lowest BCUT2D eigenvalue weighted by Crippen LogP contribution is -1.94. The van der Waals surface area contributed by atoms with Crippen LogP contribution in [-0.2, 0) is 0 Å². The highest BCUT2D eigenvalue weighted by atomic mass is 32.1. The monoisotopic (exact) mass is 501 g/mol. The normalized spacial score (nSPS) is 10.9. The number of hydrogen-bond donors (Lipinski definition) is 0. The summed E-state index contributed by atoms with van der Waals surface area (Å²) in [4.78, 5) is 15.9. The van der Waals surface area contributed by atoms with E-state index < -0.39 is 0 Å². The molecule has 9 heteroatoms. The minimum atomic E-state index is 0.518. The Balaban J connectivity index is 0.00000148. The van der Waals surface area contributed by atoms with Gasteiger partial charge >= 0.3 is 0 Å². The minimum Gasteiger partial charge on any atom is -0.493 e. The molecule has 0 spiro atoms. The van der Waals surface area contributed by atoms with Crippen molar-refractivity contribution in [1.29, 1.82) is 0 Å². The largest absolute Gasteiger partial charge is 0.493 e. The standard InChI is InChI=1S/C25H21N5O3S.C2H6/c1-14-27-20-12-22(32-4)21(31-3)11-19(20)24(28-14)26-13-18-9-10-23(34-18)16-5-7-17(8-6-16)25-30-29-15(2)33-25;1-2/h5-13H,1-4H3;1-2H3. The second-order valence-electron chi connectivity index (χ2n) is 7.48. The van der Waals surface area contributed by atoms with Gasteiger partial charge < -0.3 is 13.9 Å². The zero-order valence-corrected chi connectivity index (χ0v) is 21.9. The fourth-order valence-corrected chi connectivity index (χ4v) is 4.43. The first kappa shape index (κ1) is 25.0. The average molecular weight is 502 g/mol. The molecule has 0 N–H and O–H groups in total. The van der Waals surface area contributed by atoms with Crippen LogP contribution in [0.3, 0.4) is 0 Å². The SMILES string of the molecule is CC.COc1cc2nc(C)nc(N=Cc3ccc(-c4ccc(-c5nnc(C)o5)cc4)s3)c2cc1OC. The third-order valence-corrected chi connectivity index (χ3v) is 6.24. The molecule has 0 aliphatic heterocycles. The predicted octanol–water partition coefficient (Wildman–Crippen LogP) is 6.82. The lowest BCUT2D eigenvalue weighted by molar-refractivity contribution is 0.356. The number of methoxy groups -OCH3 is 2. The first-order valence-corrected chi connectivity index (χ1v) is 12.3. The Bertz CT molecular complexity index is 1510. The molecule has 184 valence electrons. The molecule has 0 amide bonds. The number of benzene rings is 2. The Morgan fingerprint density at radius 2 is 1.56 bits per heavy atom. The summed E-state index contributed by atoms with van der Waals surface area (Å²) in [5.74, 6) is 3.51. The van der Waals surface area contributed by atoms with Crippen molar-refractivity contribution in [2.75, 3.05) is 14.2 Å². The molecule has 0 aliphatic rings. The van der Waals surface area contributed by atoms with Gasteiger partial charge in [0.25, 0.3) is 0 Å². The molecule has 0 radical (unpaired) electrons. The summed E-state index contributed by atoms with van der Waals surface area (Å²) in [6.45, 7) is 7.62. The summed E-state index contributed by atoms with van der Waals surface area (Å²) < 4.78 is 16.3. The van der Waals surface area contributed by atoms with Gasteiger partial charge in [-0.1, -0.05) is 26.0 Å². The highest BCUT2D eigenvalue weighted by Gasteiger charge is 2.12. The molecule has 8 nitrogen and oxygen atoms in total. The molecule has 0 fully saturated rings. The Kier molecular flexibility index (Phi) is 7.70. The Morgan fingerprint density at radius 3 is 2.22 bits per heavy atom. The van der Waals surface area contributed by atoms with Crippen LogP contribution in [0.15, 0.2) is 57.9 Å². The number of rotatable bonds is 6. The molecule has 36 heavy (non-hydrogen) atoms. The van der Waals surface area contributed by atoms with Crippen molar-refractivity contribution in [3.63, 3.8) is 0 Å². The number of aliphatic imine (C=N–C) groups is 1. The maximum Gasteiger partial charge on any atom is 0.247 e. The van der Waals surface area contributed by atoms with E-state index in [4.69, 9.17) is 13.9 Å². The molecule has 0 bridgehead atoms. The van der Waals surface area contributed by atoms with Crippen LogP contribution in [0.25, 0.3) is 32.8 Å². The van der Waals surface area contributed by atoms with Crippen molar-refractivity contribution < 1.29 is 13.9 Å². The molecule has 2 aromatic carbocycles. The zero-order valence-electron chi connectivity index (χ0n) is 21.1. The van der Waals surface area contributed by atoms with E-state index in [1.807, 2.05) is 69.5 Å². The topological polar surface area (TPSA) is 95.5 Å². The predicted molar refractivity (Wildman–Crippen MR) is 144 cm³/mol. The number of hydrogen-bond acceptors (Lipinski definition) is 9. The van der Waals surface area contributed by atoms with Crippen LogP contribution < -0.4 is 9.47 Å². The molecule has 3 heterocycles. The van der Waals surface area contributed by atoms with Gasteiger partial charge in [-0.3, -0.25) is 0 Å². The third kappa shape index (κ3) is 5.26. The van der Waals surface area contributed by atoms with Crippen molar-refractivity contribution in [3.05, 3.63) is 65.1 Å². The van der Waals surface area contributed by atoms with Crippen LogP contribution in [0, 0.1) is 13.8 Å². The summed E-state index contributed by atoms with van der Waals surface area (Å²) in [5, 5.41) is 8.75. The van der Waals surface area contributed by atoms with Crippen molar-refractivity contribution >= 4 is 34.3 Å². The highest BCUT2D eigenvalue weighted by Crippen LogP contribution is 2.35. The lowest BCUT2D eigenvalue weighted by Gasteiger charge is -2.10. The summed E-state index contributed by atoms with van der Waals surface area (Å²) in [6.07, 6.45) is 1.82. The minimum absolute atomic E-state index is 0.518. The van der Waals surface area contributed by atoms with Gasteiger partial charge in [-0.05, 0) is 42.8 Å². The van der Waals surface area contributed by atoms with Gasteiger partial charge in [-0.15, -0.1) is 21.5 Å². The van der Waals surface area contributed by atoms with E-state index >= 15 is 0 Å². The number of aromatic nitrogens is 4. The first-order chi connectivity index (χ1) is 17.5. The molecule has 0 unspecified atom stereocenters. The lowest BCUT2D eigenvalue weighted by atomic mass is 10.1. The van der Waals surface area contributed by atoms with Crippen LogP contribution in [0.4, 0.5) is 5.82 Å². The number of thiophene rings is 1. The van der Waals surface area contributed by atoms with Gasteiger partial charge in [-0.25, -0.2) is 15.0 Å². The third-order valence-electron chi connectivity index (χ3n) is 5.18. The first-order valence-electron chi connectivity index (χ1n) is 11.5. The van der Waals surface area contributed by atoms with Gasteiger partial charge in [0.05, 0.1) is 19.7 Å². The highest BCUT2D eigenvalue weighted by molar-refractivity contribution is 7.17. The summed E-state index contributed by atoms with van der Waals surface area (Å²) in [6, 6.07) is 15.9. The van der Waals surface area contributed by atoms with Crippen LogP contribution in [0.1, 0.15) is 30.4 Å². The van der Waals surface area contributed by atoms with E-state index in [0.29, 0.717) is 34.9 Å². The summed E-state index contributed by atoms with van der Waals surface area (Å²) in [5.41, 5.74) is 2.74. The molecular formula is C27H27N5O3S. The van der Waals surface area contributed by atoms with E-state index in [2.05, 4.69) is 31.2 Å². The van der Waals surface area contributed by atoms with Gasteiger partial charge in [0, 0.05) is 39.9 Å². The van der Waals surface area contributed by atoms with E-state index in [9.17, 15) is 0 Å². The quantitative estimate of drug-likeness (QED) is 0.236. The molecule has 0 aliphatic carbocycles. The Hall–Kier alpha value is -4.11. The van der Waals surface area contributed by atoms with Crippen molar-refractivity contribution in [2.45, 2.75) is 27.7 Å². The van der Waals surface area contributed by atoms with Gasteiger partial charge in [0.2, 0.25) is 11.8 Å². The number of fused-ring (bicyclic) bond motifs is 1. The van der Waals surface area contributed by atoms with Crippen molar-refractivity contribution in [3.8, 4) is 33.4 Å². The number of aryl methyl sites for hydroxylation is 2. The fraction of sp³-hybridized carbons (Fsp3) is 0.222. The van der Waals surface area contributed by atoms with E-state index in [1.54, 1.807) is 32.5 Å². The van der Waals surface area contributed by atoms with E-state index in [0.717, 1.165) is 31.8 Å². The average Bonchev–Trinajstić information content (AvgIpc) is 3.57. The van der Waals surface area contributed by atoms with Gasteiger partial charge in [0.15, 0.2) is 17.3 Å². The second-order valence-corrected chi connectivity index (χ2v) is 8.60. The Morgan fingerprint density at radius 1 is 0.861 bits per heavy atom. The van der Waals surface area contributed by atoms with E-state index in [-0.39, 0.29) is 0 Å². The molecule has 0 atom stereocenters. The second kappa shape index (κ2) is 11.1. The maximum atomic E-state index is 5.50. The van der Waals surface area contributed by atoms with Gasteiger partial charge in [-0.2, -0.15) is 0 Å². The van der Waals surface area contributed by atoms with Gasteiger partial charge in [0.1, 0.15) is 5.82 Å². The molecule has 5 rings (SSSR count). The molecular weight excluding hydrogens is 474 g/mol. The number of nitrogens with zero attached hydrogens (tertiary/aromatic N) is 5. The van der Waals surface area contributed by atoms with Crippen molar-refractivity contribution in [2.24, 2.45) is 4.99 Å². The van der Waals surface area contributed by atoms with E-state index in [1.165, 1.54) is 0 Å². The van der Waals surface area contributed by atoms with Crippen LogP contribution in [0.2, 0.25) is 0 Å². The summed E-state index contributed by atoms with van der Waals surface area (Å²) in [7, 11) is 3.20.